The predicted molar refractivity (Wildman–Crippen MR) is 51.4 cm³/mol. The molecule has 0 aromatic rings. The molecule has 0 unspecified atom stereocenters. The van der Waals surface area contributed by atoms with Crippen LogP contribution in [-0.4, -0.2) is 49.9 Å². The summed E-state index contributed by atoms with van der Waals surface area (Å²) in [5.74, 6) is 0. The van der Waals surface area contributed by atoms with Crippen molar-refractivity contribution in [2.45, 2.75) is 18.6 Å². The zero-order chi connectivity index (χ0) is 9.14. The normalized spacial score (nSPS) is 30.9. The molecule has 12 heavy (non-hydrogen) atoms. The SMILES string of the molecule is CO[C@H]1CCN(C)C(=S)[C@H]1OC. The maximum atomic E-state index is 5.27. The van der Waals surface area contributed by atoms with E-state index in [9.17, 15) is 0 Å². The van der Waals surface area contributed by atoms with Crippen molar-refractivity contribution >= 4 is 17.2 Å². The topological polar surface area (TPSA) is 21.7 Å². The van der Waals surface area contributed by atoms with Crippen molar-refractivity contribution in [2.75, 3.05) is 27.8 Å². The van der Waals surface area contributed by atoms with Crippen molar-refractivity contribution in [3.8, 4) is 0 Å². The fourth-order valence-corrected chi connectivity index (χ4v) is 1.79. The van der Waals surface area contributed by atoms with Gasteiger partial charge in [-0.2, -0.15) is 0 Å². The first-order valence-corrected chi connectivity index (χ1v) is 4.42. The Balaban J connectivity index is 2.65. The zero-order valence-electron chi connectivity index (χ0n) is 7.74. The largest absolute Gasteiger partial charge is 0.378 e. The molecule has 0 aliphatic carbocycles. The van der Waals surface area contributed by atoms with Crippen LogP contribution in [0.5, 0.6) is 0 Å². The first kappa shape index (κ1) is 9.89. The third-order valence-electron chi connectivity index (χ3n) is 2.26. The van der Waals surface area contributed by atoms with Gasteiger partial charge in [0.1, 0.15) is 11.1 Å². The van der Waals surface area contributed by atoms with E-state index in [1.54, 1.807) is 14.2 Å². The Labute approximate surface area is 78.6 Å². The summed E-state index contributed by atoms with van der Waals surface area (Å²) < 4.78 is 10.5. The molecule has 3 nitrogen and oxygen atoms in total. The molecule has 0 amide bonds. The van der Waals surface area contributed by atoms with Crippen molar-refractivity contribution in [3.05, 3.63) is 0 Å². The number of ether oxygens (including phenoxy) is 2. The maximum Gasteiger partial charge on any atom is 0.133 e. The summed E-state index contributed by atoms with van der Waals surface area (Å²) in [7, 11) is 5.35. The summed E-state index contributed by atoms with van der Waals surface area (Å²) in [4.78, 5) is 2.88. The van der Waals surface area contributed by atoms with E-state index >= 15 is 0 Å². The van der Waals surface area contributed by atoms with Gasteiger partial charge in [0.15, 0.2) is 0 Å². The Morgan fingerprint density at radius 2 is 2.08 bits per heavy atom. The highest BCUT2D eigenvalue weighted by atomic mass is 32.1. The molecule has 1 aliphatic heterocycles. The summed E-state index contributed by atoms with van der Waals surface area (Å²) in [6, 6.07) is 0. The van der Waals surface area contributed by atoms with E-state index in [1.807, 2.05) is 11.9 Å². The van der Waals surface area contributed by atoms with Crippen LogP contribution in [0.2, 0.25) is 0 Å². The van der Waals surface area contributed by atoms with Gasteiger partial charge in [-0.1, -0.05) is 12.2 Å². The quantitative estimate of drug-likeness (QED) is 0.595. The fraction of sp³-hybridized carbons (Fsp3) is 0.875. The molecule has 1 saturated heterocycles. The van der Waals surface area contributed by atoms with Crippen LogP contribution in [-0.2, 0) is 9.47 Å². The number of hydrogen-bond donors (Lipinski definition) is 0. The van der Waals surface area contributed by atoms with Gasteiger partial charge in [-0.3, -0.25) is 0 Å². The van der Waals surface area contributed by atoms with E-state index in [0.29, 0.717) is 0 Å². The third kappa shape index (κ3) is 1.76. The number of likely N-dealkylation sites (N-methyl/N-ethyl adjacent to an activating group) is 1. The second-order valence-electron chi connectivity index (χ2n) is 2.98. The highest BCUT2D eigenvalue weighted by Crippen LogP contribution is 2.17. The smallest absolute Gasteiger partial charge is 0.133 e. The number of hydrogen-bond acceptors (Lipinski definition) is 3. The molecule has 70 valence electrons. The van der Waals surface area contributed by atoms with Gasteiger partial charge in [0, 0.05) is 27.8 Å². The van der Waals surface area contributed by atoms with Gasteiger partial charge in [0.05, 0.1) is 6.10 Å². The lowest BCUT2D eigenvalue weighted by Gasteiger charge is -2.36. The fourth-order valence-electron chi connectivity index (χ4n) is 1.45. The molecule has 0 radical (unpaired) electrons. The predicted octanol–water partition coefficient (Wildman–Crippen LogP) is 0.679. The summed E-state index contributed by atoms with van der Waals surface area (Å²) in [6.07, 6.45) is 1.05. The first-order chi connectivity index (χ1) is 5.70. The molecular weight excluding hydrogens is 174 g/mol. The number of rotatable bonds is 2. The number of likely N-dealkylation sites (tertiary alicyclic amines) is 1. The van der Waals surface area contributed by atoms with Crippen molar-refractivity contribution in [1.82, 2.24) is 4.90 Å². The minimum Gasteiger partial charge on any atom is -0.378 e. The van der Waals surface area contributed by atoms with E-state index in [1.165, 1.54) is 0 Å². The average Bonchev–Trinajstić information content (AvgIpc) is 2.09. The van der Waals surface area contributed by atoms with Gasteiger partial charge in [0.2, 0.25) is 0 Å². The number of methoxy groups -OCH3 is 2. The Morgan fingerprint density at radius 3 is 2.58 bits per heavy atom. The van der Waals surface area contributed by atoms with Crippen LogP contribution in [0.25, 0.3) is 0 Å². The summed E-state index contributed by atoms with van der Waals surface area (Å²) >= 11 is 5.21. The van der Waals surface area contributed by atoms with E-state index in [2.05, 4.69) is 0 Å². The van der Waals surface area contributed by atoms with Crippen LogP contribution in [0.15, 0.2) is 0 Å². The van der Waals surface area contributed by atoms with Crippen LogP contribution in [0.1, 0.15) is 6.42 Å². The Morgan fingerprint density at radius 1 is 1.42 bits per heavy atom. The van der Waals surface area contributed by atoms with Gasteiger partial charge in [-0.05, 0) is 6.42 Å². The molecule has 0 aromatic heterocycles. The number of piperidine rings is 1. The molecule has 0 bridgehead atoms. The Kier molecular flexibility index (Phi) is 3.43. The van der Waals surface area contributed by atoms with Gasteiger partial charge in [-0.15, -0.1) is 0 Å². The average molecular weight is 189 g/mol. The van der Waals surface area contributed by atoms with Crippen LogP contribution in [0.3, 0.4) is 0 Å². The lowest BCUT2D eigenvalue weighted by Crippen LogP contribution is -2.50. The molecule has 1 heterocycles. The van der Waals surface area contributed by atoms with Crippen LogP contribution in [0.4, 0.5) is 0 Å². The minimum absolute atomic E-state index is 0.0521. The van der Waals surface area contributed by atoms with Gasteiger partial charge in [0.25, 0.3) is 0 Å². The zero-order valence-corrected chi connectivity index (χ0v) is 8.56. The molecule has 1 fully saturated rings. The lowest BCUT2D eigenvalue weighted by atomic mass is 10.1. The molecule has 0 aromatic carbocycles. The molecule has 4 heteroatoms. The van der Waals surface area contributed by atoms with E-state index in [0.717, 1.165) is 18.0 Å². The van der Waals surface area contributed by atoms with E-state index in [-0.39, 0.29) is 12.2 Å². The van der Waals surface area contributed by atoms with Crippen LogP contribution in [0, 0.1) is 0 Å². The van der Waals surface area contributed by atoms with Crippen LogP contribution >= 0.6 is 12.2 Å². The van der Waals surface area contributed by atoms with Crippen molar-refractivity contribution in [1.29, 1.82) is 0 Å². The number of nitrogens with zero attached hydrogens (tertiary/aromatic N) is 1. The van der Waals surface area contributed by atoms with E-state index in [4.69, 9.17) is 21.7 Å². The third-order valence-corrected chi connectivity index (χ3v) is 2.81. The Hall–Kier alpha value is -0.190. The molecule has 0 spiro atoms. The van der Waals surface area contributed by atoms with Gasteiger partial charge >= 0.3 is 0 Å². The van der Waals surface area contributed by atoms with Crippen molar-refractivity contribution in [3.63, 3.8) is 0 Å². The molecular formula is C8H15NO2S. The Bertz CT molecular complexity index is 174. The van der Waals surface area contributed by atoms with Gasteiger partial charge < -0.3 is 14.4 Å². The minimum atomic E-state index is -0.0521. The molecule has 1 aliphatic rings. The molecule has 0 N–H and O–H groups in total. The summed E-state index contributed by atoms with van der Waals surface area (Å²) in [5, 5.41) is 0. The lowest BCUT2D eigenvalue weighted by molar-refractivity contribution is -0.0218. The monoisotopic (exact) mass is 189 g/mol. The van der Waals surface area contributed by atoms with Crippen LogP contribution < -0.4 is 0 Å². The molecule has 2 atom stereocenters. The highest BCUT2D eigenvalue weighted by molar-refractivity contribution is 7.80. The first-order valence-electron chi connectivity index (χ1n) is 4.01. The molecule has 0 saturated carbocycles. The highest BCUT2D eigenvalue weighted by Gasteiger charge is 2.31. The summed E-state index contributed by atoms with van der Waals surface area (Å²) in [5.41, 5.74) is 0. The van der Waals surface area contributed by atoms with Gasteiger partial charge in [-0.25, -0.2) is 0 Å². The van der Waals surface area contributed by atoms with E-state index < -0.39 is 0 Å². The van der Waals surface area contributed by atoms with Crippen molar-refractivity contribution < 1.29 is 9.47 Å². The summed E-state index contributed by atoms with van der Waals surface area (Å²) in [6.45, 7) is 0.956. The van der Waals surface area contributed by atoms with Crippen molar-refractivity contribution in [2.24, 2.45) is 0 Å². The second kappa shape index (κ2) is 4.16. The maximum absolute atomic E-state index is 5.27. The second-order valence-corrected chi connectivity index (χ2v) is 3.40. The molecule has 1 rings (SSSR count). The number of thiocarbonyl (C=S) groups is 1. The standard InChI is InChI=1S/C8H15NO2S/c1-9-5-4-6(10-2)7(11-3)8(9)12/h6-7H,4-5H2,1-3H3/t6-,7-/m0/s1.